The number of carbonyl (C=O) groups is 1. The highest BCUT2D eigenvalue weighted by Gasteiger charge is 2.15. The van der Waals surface area contributed by atoms with E-state index in [0.717, 1.165) is 0 Å². The molecule has 0 aromatic heterocycles. The fourth-order valence-corrected chi connectivity index (χ4v) is 3.65. The standard InChI is InChI=1S/C20H17ClN2O4S/c21-18-8-4-5-9-19(18)23-28(25,26)17-12-10-15(11-13-17)22-20(24)14-27-16-6-2-1-3-7-16/h1-13,23H,14H2,(H,22,24). The van der Waals surface area contributed by atoms with Crippen LogP contribution >= 0.6 is 11.6 Å². The van der Waals surface area contributed by atoms with Gasteiger partial charge in [0.25, 0.3) is 15.9 Å². The third-order valence-electron chi connectivity index (χ3n) is 3.68. The Balaban J connectivity index is 1.61. The van der Waals surface area contributed by atoms with Crippen molar-refractivity contribution in [2.24, 2.45) is 0 Å². The number of carbonyl (C=O) groups excluding carboxylic acids is 1. The maximum atomic E-state index is 12.5. The van der Waals surface area contributed by atoms with Crippen LogP contribution in [0.4, 0.5) is 11.4 Å². The fourth-order valence-electron chi connectivity index (χ4n) is 2.33. The summed E-state index contributed by atoms with van der Waals surface area (Å²) in [5, 5.41) is 2.95. The number of benzene rings is 3. The smallest absolute Gasteiger partial charge is 0.262 e. The predicted molar refractivity (Wildman–Crippen MR) is 109 cm³/mol. The van der Waals surface area contributed by atoms with Crippen molar-refractivity contribution in [3.8, 4) is 5.75 Å². The van der Waals surface area contributed by atoms with Crippen LogP contribution in [-0.4, -0.2) is 20.9 Å². The SMILES string of the molecule is O=C(COc1ccccc1)Nc1ccc(S(=O)(=O)Nc2ccccc2Cl)cc1. The molecule has 6 nitrogen and oxygen atoms in total. The lowest BCUT2D eigenvalue weighted by molar-refractivity contribution is -0.118. The number of amides is 1. The molecule has 144 valence electrons. The molecule has 0 aliphatic heterocycles. The second-order valence-electron chi connectivity index (χ2n) is 5.76. The van der Waals surface area contributed by atoms with Crippen molar-refractivity contribution in [2.75, 3.05) is 16.6 Å². The largest absolute Gasteiger partial charge is 0.484 e. The fraction of sp³-hybridized carbons (Fsp3) is 0.0500. The summed E-state index contributed by atoms with van der Waals surface area (Å²) in [7, 11) is -3.80. The first-order valence-electron chi connectivity index (χ1n) is 8.29. The number of nitrogens with one attached hydrogen (secondary N) is 2. The lowest BCUT2D eigenvalue weighted by atomic mass is 10.3. The average Bonchev–Trinajstić information content (AvgIpc) is 2.69. The molecule has 0 saturated carbocycles. The summed E-state index contributed by atoms with van der Waals surface area (Å²) in [5.74, 6) is 0.235. The van der Waals surface area contributed by atoms with E-state index in [9.17, 15) is 13.2 Å². The van der Waals surface area contributed by atoms with Crippen LogP contribution in [0.3, 0.4) is 0 Å². The third kappa shape index (κ3) is 5.25. The summed E-state index contributed by atoms with van der Waals surface area (Å²) in [6.45, 7) is -0.155. The summed E-state index contributed by atoms with van der Waals surface area (Å²) in [4.78, 5) is 12.0. The van der Waals surface area contributed by atoms with Gasteiger partial charge < -0.3 is 10.1 Å². The molecule has 0 radical (unpaired) electrons. The highest BCUT2D eigenvalue weighted by atomic mass is 35.5. The number of halogens is 1. The Labute approximate surface area is 168 Å². The Morgan fingerprint density at radius 3 is 2.21 bits per heavy atom. The van der Waals surface area contributed by atoms with Crippen molar-refractivity contribution in [1.29, 1.82) is 0 Å². The molecule has 1 amide bonds. The molecule has 28 heavy (non-hydrogen) atoms. The summed E-state index contributed by atoms with van der Waals surface area (Å²) in [6, 6.07) is 21.3. The first-order valence-corrected chi connectivity index (χ1v) is 10.2. The number of hydrogen-bond donors (Lipinski definition) is 2. The second-order valence-corrected chi connectivity index (χ2v) is 7.85. The van der Waals surface area contributed by atoms with Gasteiger partial charge in [-0.25, -0.2) is 8.42 Å². The van der Waals surface area contributed by atoms with Gasteiger partial charge in [0.1, 0.15) is 5.75 Å². The van der Waals surface area contributed by atoms with Crippen molar-refractivity contribution >= 4 is 38.9 Å². The lowest BCUT2D eigenvalue weighted by Gasteiger charge is -2.11. The first kappa shape index (κ1) is 19.7. The van der Waals surface area contributed by atoms with Gasteiger partial charge in [0, 0.05) is 5.69 Å². The van der Waals surface area contributed by atoms with Gasteiger partial charge >= 0.3 is 0 Å². The average molecular weight is 417 g/mol. The normalized spacial score (nSPS) is 10.9. The molecule has 0 atom stereocenters. The van der Waals surface area contributed by atoms with E-state index in [1.54, 1.807) is 36.4 Å². The molecule has 2 N–H and O–H groups in total. The molecule has 0 heterocycles. The first-order chi connectivity index (χ1) is 13.4. The minimum absolute atomic E-state index is 0.0472. The van der Waals surface area contributed by atoms with E-state index in [0.29, 0.717) is 22.1 Å². The van der Waals surface area contributed by atoms with Crippen molar-refractivity contribution < 1.29 is 17.9 Å². The van der Waals surface area contributed by atoms with E-state index in [2.05, 4.69) is 10.0 Å². The maximum Gasteiger partial charge on any atom is 0.262 e. The molecule has 3 rings (SSSR count). The summed E-state index contributed by atoms with van der Waals surface area (Å²) in [5.41, 5.74) is 0.748. The predicted octanol–water partition coefficient (Wildman–Crippen LogP) is 4.16. The van der Waals surface area contributed by atoms with E-state index in [-0.39, 0.29) is 17.4 Å². The van der Waals surface area contributed by atoms with Gasteiger partial charge in [0.05, 0.1) is 15.6 Å². The van der Waals surface area contributed by atoms with Gasteiger partial charge in [-0.3, -0.25) is 9.52 Å². The topological polar surface area (TPSA) is 84.5 Å². The van der Waals surface area contributed by atoms with Gasteiger partial charge in [-0.15, -0.1) is 0 Å². The molecule has 3 aromatic rings. The molecular weight excluding hydrogens is 400 g/mol. The van der Waals surface area contributed by atoms with E-state index >= 15 is 0 Å². The van der Waals surface area contributed by atoms with E-state index in [1.807, 2.05) is 18.2 Å². The maximum absolute atomic E-state index is 12.5. The molecule has 3 aromatic carbocycles. The zero-order valence-corrected chi connectivity index (χ0v) is 16.2. The minimum atomic E-state index is -3.80. The molecule has 0 fully saturated rings. The quantitative estimate of drug-likeness (QED) is 0.605. The van der Waals surface area contributed by atoms with Crippen LogP contribution in [0.15, 0.2) is 83.8 Å². The number of sulfonamides is 1. The van der Waals surface area contributed by atoms with Gasteiger partial charge in [-0.05, 0) is 48.5 Å². The Morgan fingerprint density at radius 1 is 0.893 bits per heavy atom. The Bertz CT molecular complexity index is 1060. The number of rotatable bonds is 7. The van der Waals surface area contributed by atoms with Crippen molar-refractivity contribution in [3.05, 3.63) is 83.9 Å². The van der Waals surface area contributed by atoms with Crippen LogP contribution in [-0.2, 0) is 14.8 Å². The molecule has 0 bridgehead atoms. The van der Waals surface area contributed by atoms with E-state index < -0.39 is 10.0 Å². The zero-order chi connectivity index (χ0) is 20.0. The van der Waals surface area contributed by atoms with Crippen molar-refractivity contribution in [2.45, 2.75) is 4.90 Å². The van der Waals surface area contributed by atoms with Crippen LogP contribution < -0.4 is 14.8 Å². The van der Waals surface area contributed by atoms with E-state index in [4.69, 9.17) is 16.3 Å². The molecular formula is C20H17ClN2O4S. The minimum Gasteiger partial charge on any atom is -0.484 e. The number of anilines is 2. The van der Waals surface area contributed by atoms with Crippen LogP contribution in [0.5, 0.6) is 5.75 Å². The van der Waals surface area contributed by atoms with Crippen LogP contribution in [0.2, 0.25) is 5.02 Å². The van der Waals surface area contributed by atoms with E-state index in [1.165, 1.54) is 24.3 Å². The number of ether oxygens (including phenoxy) is 1. The van der Waals surface area contributed by atoms with Crippen LogP contribution in [0, 0.1) is 0 Å². The summed E-state index contributed by atoms with van der Waals surface area (Å²) < 4.78 is 32.7. The zero-order valence-electron chi connectivity index (χ0n) is 14.6. The van der Waals surface area contributed by atoms with Crippen LogP contribution in [0.25, 0.3) is 0 Å². The lowest BCUT2D eigenvalue weighted by Crippen LogP contribution is -2.20. The Morgan fingerprint density at radius 2 is 1.54 bits per heavy atom. The van der Waals surface area contributed by atoms with Gasteiger partial charge in [0.15, 0.2) is 6.61 Å². The van der Waals surface area contributed by atoms with Crippen molar-refractivity contribution in [1.82, 2.24) is 0 Å². The highest BCUT2D eigenvalue weighted by molar-refractivity contribution is 7.92. The van der Waals surface area contributed by atoms with Crippen LogP contribution in [0.1, 0.15) is 0 Å². The molecule has 0 saturated heterocycles. The molecule has 0 unspecified atom stereocenters. The Hall–Kier alpha value is -3.03. The molecule has 0 aliphatic carbocycles. The van der Waals surface area contributed by atoms with Gasteiger partial charge in [0.2, 0.25) is 0 Å². The third-order valence-corrected chi connectivity index (χ3v) is 5.39. The van der Waals surface area contributed by atoms with Gasteiger partial charge in [-0.2, -0.15) is 0 Å². The molecule has 0 aliphatic rings. The molecule has 0 spiro atoms. The number of para-hydroxylation sites is 2. The molecule has 8 heteroatoms. The Kier molecular flexibility index (Phi) is 6.18. The monoisotopic (exact) mass is 416 g/mol. The number of hydrogen-bond acceptors (Lipinski definition) is 4. The highest BCUT2D eigenvalue weighted by Crippen LogP contribution is 2.24. The van der Waals surface area contributed by atoms with Gasteiger partial charge in [-0.1, -0.05) is 41.9 Å². The second kappa shape index (κ2) is 8.77. The van der Waals surface area contributed by atoms with Crippen molar-refractivity contribution in [3.63, 3.8) is 0 Å². The summed E-state index contributed by atoms with van der Waals surface area (Å²) in [6.07, 6.45) is 0. The summed E-state index contributed by atoms with van der Waals surface area (Å²) >= 11 is 5.99.